The van der Waals surface area contributed by atoms with E-state index < -0.39 is 0 Å². The number of carbonyl (C=O) groups is 1. The molecule has 1 heteroatoms. The largest absolute Gasteiger partial charge is 0.303 e. The van der Waals surface area contributed by atoms with Gasteiger partial charge in [0.1, 0.15) is 6.29 Å². The van der Waals surface area contributed by atoms with E-state index in [0.717, 1.165) is 25.0 Å². The number of hydrogen-bond donors (Lipinski definition) is 0. The van der Waals surface area contributed by atoms with Crippen molar-refractivity contribution in [3.63, 3.8) is 0 Å². The van der Waals surface area contributed by atoms with Crippen LogP contribution in [0.1, 0.15) is 97.3 Å². The van der Waals surface area contributed by atoms with Gasteiger partial charge in [-0.05, 0) is 12.3 Å². The lowest BCUT2D eigenvalue weighted by atomic mass is 9.93. The molecule has 0 bridgehead atoms. The summed E-state index contributed by atoms with van der Waals surface area (Å²) in [6.45, 7) is 4.53. The number of unbranched alkanes of at least 4 members (excludes halogenated alkanes) is 8. The zero-order valence-electron chi connectivity index (χ0n) is 12.8. The SMILES string of the molecule is CCCCCCCCCCCC(CC)CCC=O. The summed E-state index contributed by atoms with van der Waals surface area (Å²) in [6.07, 6.45) is 18.2. The molecule has 1 atom stereocenters. The Balaban J connectivity index is 3.19. The number of hydrogen-bond acceptors (Lipinski definition) is 1. The molecule has 0 fully saturated rings. The van der Waals surface area contributed by atoms with Gasteiger partial charge in [0, 0.05) is 6.42 Å². The van der Waals surface area contributed by atoms with Crippen molar-refractivity contribution < 1.29 is 4.79 Å². The van der Waals surface area contributed by atoms with Gasteiger partial charge >= 0.3 is 0 Å². The molecule has 0 spiro atoms. The second kappa shape index (κ2) is 14.7. The smallest absolute Gasteiger partial charge is 0.120 e. The molecule has 0 aromatic heterocycles. The van der Waals surface area contributed by atoms with Gasteiger partial charge in [-0.15, -0.1) is 0 Å². The maximum Gasteiger partial charge on any atom is 0.120 e. The van der Waals surface area contributed by atoms with Crippen molar-refractivity contribution in [1.29, 1.82) is 0 Å². The van der Waals surface area contributed by atoms with E-state index in [1.54, 1.807) is 0 Å². The van der Waals surface area contributed by atoms with Crippen LogP contribution in [0.25, 0.3) is 0 Å². The standard InChI is InChI=1S/C17H34O/c1-3-5-6-7-8-9-10-11-12-14-17(4-2)15-13-16-18/h16-17H,3-15H2,1-2H3. The van der Waals surface area contributed by atoms with E-state index in [1.807, 2.05) is 0 Å². The Kier molecular flexibility index (Phi) is 14.5. The molecule has 0 heterocycles. The first-order chi connectivity index (χ1) is 8.85. The molecule has 0 radical (unpaired) electrons. The van der Waals surface area contributed by atoms with Crippen LogP contribution >= 0.6 is 0 Å². The molecular formula is C17H34O. The normalized spacial score (nSPS) is 12.6. The van der Waals surface area contributed by atoms with Gasteiger partial charge in [-0.3, -0.25) is 0 Å². The Morgan fingerprint density at radius 3 is 1.83 bits per heavy atom. The van der Waals surface area contributed by atoms with E-state index >= 15 is 0 Å². The summed E-state index contributed by atoms with van der Waals surface area (Å²) in [5, 5.41) is 0. The van der Waals surface area contributed by atoms with Crippen LogP contribution in [0.3, 0.4) is 0 Å². The van der Waals surface area contributed by atoms with Crippen LogP contribution in [0.4, 0.5) is 0 Å². The first-order valence-corrected chi connectivity index (χ1v) is 8.28. The van der Waals surface area contributed by atoms with Gasteiger partial charge in [0.25, 0.3) is 0 Å². The van der Waals surface area contributed by atoms with Gasteiger partial charge in [-0.25, -0.2) is 0 Å². The van der Waals surface area contributed by atoms with Crippen molar-refractivity contribution in [1.82, 2.24) is 0 Å². The van der Waals surface area contributed by atoms with Crippen LogP contribution in [0.15, 0.2) is 0 Å². The van der Waals surface area contributed by atoms with Crippen molar-refractivity contribution in [3.8, 4) is 0 Å². The summed E-state index contributed by atoms with van der Waals surface area (Å²) >= 11 is 0. The van der Waals surface area contributed by atoms with E-state index in [9.17, 15) is 4.79 Å². The Bertz CT molecular complexity index is 165. The van der Waals surface area contributed by atoms with Crippen LogP contribution in [0.5, 0.6) is 0 Å². The van der Waals surface area contributed by atoms with E-state index in [4.69, 9.17) is 0 Å². The number of carbonyl (C=O) groups excluding carboxylic acids is 1. The molecular weight excluding hydrogens is 220 g/mol. The Morgan fingerprint density at radius 1 is 0.778 bits per heavy atom. The second-order valence-corrected chi connectivity index (χ2v) is 5.64. The van der Waals surface area contributed by atoms with E-state index in [2.05, 4.69) is 13.8 Å². The van der Waals surface area contributed by atoms with Crippen LogP contribution < -0.4 is 0 Å². The lowest BCUT2D eigenvalue weighted by Crippen LogP contribution is -1.99. The van der Waals surface area contributed by atoms with Crippen LogP contribution in [-0.4, -0.2) is 6.29 Å². The van der Waals surface area contributed by atoms with Crippen molar-refractivity contribution in [2.24, 2.45) is 5.92 Å². The lowest BCUT2D eigenvalue weighted by Gasteiger charge is -2.12. The van der Waals surface area contributed by atoms with Gasteiger partial charge in [0.05, 0.1) is 0 Å². The van der Waals surface area contributed by atoms with E-state index in [-0.39, 0.29) is 0 Å². The zero-order valence-corrected chi connectivity index (χ0v) is 12.8. The lowest BCUT2D eigenvalue weighted by molar-refractivity contribution is -0.108. The number of aldehydes is 1. The first kappa shape index (κ1) is 17.7. The minimum absolute atomic E-state index is 0.760. The molecule has 0 saturated heterocycles. The van der Waals surface area contributed by atoms with Gasteiger partial charge in [-0.1, -0.05) is 84.5 Å². The first-order valence-electron chi connectivity index (χ1n) is 8.28. The number of rotatable bonds is 14. The Morgan fingerprint density at radius 2 is 1.33 bits per heavy atom. The molecule has 1 unspecified atom stereocenters. The predicted molar refractivity (Wildman–Crippen MR) is 80.9 cm³/mol. The van der Waals surface area contributed by atoms with Crippen LogP contribution in [0, 0.1) is 5.92 Å². The minimum atomic E-state index is 0.760. The Hall–Kier alpha value is -0.330. The molecule has 0 N–H and O–H groups in total. The quantitative estimate of drug-likeness (QED) is 0.278. The van der Waals surface area contributed by atoms with Gasteiger partial charge in [0.2, 0.25) is 0 Å². The minimum Gasteiger partial charge on any atom is -0.303 e. The molecule has 1 nitrogen and oxygen atoms in total. The highest BCUT2D eigenvalue weighted by molar-refractivity contribution is 5.49. The topological polar surface area (TPSA) is 17.1 Å². The maximum absolute atomic E-state index is 10.3. The fraction of sp³-hybridized carbons (Fsp3) is 0.941. The molecule has 0 aliphatic carbocycles. The van der Waals surface area contributed by atoms with E-state index in [1.165, 1.54) is 70.6 Å². The zero-order chi connectivity index (χ0) is 13.5. The molecule has 18 heavy (non-hydrogen) atoms. The summed E-state index contributed by atoms with van der Waals surface area (Å²) in [4.78, 5) is 10.3. The third-order valence-electron chi connectivity index (χ3n) is 3.99. The average molecular weight is 254 g/mol. The predicted octanol–water partition coefficient (Wildman–Crippen LogP) is 5.91. The fourth-order valence-electron chi connectivity index (χ4n) is 2.60. The van der Waals surface area contributed by atoms with Crippen molar-refractivity contribution in [2.45, 2.75) is 97.3 Å². The van der Waals surface area contributed by atoms with Crippen LogP contribution in [-0.2, 0) is 4.79 Å². The van der Waals surface area contributed by atoms with Gasteiger partial charge < -0.3 is 4.79 Å². The molecule has 0 saturated carbocycles. The van der Waals surface area contributed by atoms with E-state index in [0.29, 0.717) is 0 Å². The maximum atomic E-state index is 10.3. The molecule has 0 aromatic carbocycles. The molecule has 0 aliphatic heterocycles. The van der Waals surface area contributed by atoms with Crippen molar-refractivity contribution in [3.05, 3.63) is 0 Å². The van der Waals surface area contributed by atoms with Gasteiger partial charge in [-0.2, -0.15) is 0 Å². The highest BCUT2D eigenvalue weighted by Crippen LogP contribution is 2.19. The summed E-state index contributed by atoms with van der Waals surface area (Å²) in [7, 11) is 0. The Labute approximate surface area is 115 Å². The monoisotopic (exact) mass is 254 g/mol. The van der Waals surface area contributed by atoms with Crippen molar-refractivity contribution >= 4 is 6.29 Å². The molecule has 0 aromatic rings. The summed E-state index contributed by atoms with van der Waals surface area (Å²) in [5.41, 5.74) is 0. The average Bonchev–Trinajstić information content (AvgIpc) is 2.40. The summed E-state index contributed by atoms with van der Waals surface area (Å²) in [5.74, 6) is 0.791. The third kappa shape index (κ3) is 12.1. The fourth-order valence-corrected chi connectivity index (χ4v) is 2.60. The molecule has 0 rings (SSSR count). The molecule has 108 valence electrons. The van der Waals surface area contributed by atoms with Crippen LogP contribution in [0.2, 0.25) is 0 Å². The molecule has 0 aliphatic rings. The third-order valence-corrected chi connectivity index (χ3v) is 3.99. The van der Waals surface area contributed by atoms with Gasteiger partial charge in [0.15, 0.2) is 0 Å². The highest BCUT2D eigenvalue weighted by atomic mass is 16.1. The molecule has 0 amide bonds. The second-order valence-electron chi connectivity index (χ2n) is 5.64. The summed E-state index contributed by atoms with van der Waals surface area (Å²) in [6, 6.07) is 0. The van der Waals surface area contributed by atoms with Crippen molar-refractivity contribution in [2.75, 3.05) is 0 Å². The summed E-state index contributed by atoms with van der Waals surface area (Å²) < 4.78 is 0. The highest BCUT2D eigenvalue weighted by Gasteiger charge is 2.05.